The summed E-state index contributed by atoms with van der Waals surface area (Å²) in [6.07, 6.45) is 1.44. The lowest BCUT2D eigenvalue weighted by Crippen LogP contribution is -2.47. The van der Waals surface area contributed by atoms with Crippen LogP contribution in [0, 0.1) is 0 Å². The van der Waals surface area contributed by atoms with Crippen molar-refractivity contribution in [3.63, 3.8) is 0 Å². The second-order valence-corrected chi connectivity index (χ2v) is 3.46. The Hall–Kier alpha value is -1.65. The molecule has 1 aliphatic carbocycles. The molecule has 0 saturated heterocycles. The molecule has 0 aliphatic heterocycles. The molecule has 1 aromatic rings. The maximum absolute atomic E-state index is 11.0. The van der Waals surface area contributed by atoms with Crippen LogP contribution in [0.4, 0.5) is 0 Å². The number of rotatable bonds is 1. The SMILES string of the molecule is O=C(O)[C@@]1(O)c2ccccc2C=C[C@@H]1O. The average molecular weight is 206 g/mol. The van der Waals surface area contributed by atoms with Crippen molar-refractivity contribution in [2.45, 2.75) is 11.7 Å². The predicted molar refractivity (Wildman–Crippen MR) is 53.0 cm³/mol. The molecule has 15 heavy (non-hydrogen) atoms. The van der Waals surface area contributed by atoms with Crippen LogP contribution in [0.3, 0.4) is 0 Å². The van der Waals surface area contributed by atoms with E-state index >= 15 is 0 Å². The van der Waals surface area contributed by atoms with E-state index in [4.69, 9.17) is 5.11 Å². The number of aliphatic hydroxyl groups excluding tert-OH is 1. The Morgan fingerprint density at radius 1 is 1.33 bits per heavy atom. The van der Waals surface area contributed by atoms with Gasteiger partial charge in [-0.25, -0.2) is 4.79 Å². The van der Waals surface area contributed by atoms with E-state index in [9.17, 15) is 15.0 Å². The smallest absolute Gasteiger partial charge is 0.343 e. The molecule has 78 valence electrons. The number of carboxylic acid groups (broad SMARTS) is 1. The van der Waals surface area contributed by atoms with E-state index in [0.29, 0.717) is 5.56 Å². The van der Waals surface area contributed by atoms with Gasteiger partial charge in [0.2, 0.25) is 5.60 Å². The van der Waals surface area contributed by atoms with Gasteiger partial charge in [-0.15, -0.1) is 0 Å². The van der Waals surface area contributed by atoms with Gasteiger partial charge >= 0.3 is 5.97 Å². The van der Waals surface area contributed by atoms with Crippen molar-refractivity contribution in [3.8, 4) is 0 Å². The van der Waals surface area contributed by atoms with Gasteiger partial charge in [-0.3, -0.25) is 0 Å². The topological polar surface area (TPSA) is 77.8 Å². The van der Waals surface area contributed by atoms with Crippen molar-refractivity contribution in [3.05, 3.63) is 41.5 Å². The van der Waals surface area contributed by atoms with E-state index in [1.807, 2.05) is 0 Å². The third kappa shape index (κ3) is 1.26. The van der Waals surface area contributed by atoms with Crippen molar-refractivity contribution in [2.75, 3.05) is 0 Å². The molecule has 0 spiro atoms. The van der Waals surface area contributed by atoms with Gasteiger partial charge in [-0.1, -0.05) is 36.4 Å². The standard InChI is InChI=1S/C11H10O4/c12-9-6-5-7-3-1-2-4-8(7)11(9,15)10(13)14/h1-6,9,12,15H,(H,13,14)/t9-,11+/m0/s1. The predicted octanol–water partition coefficient (Wildman–Crippen LogP) is 0.347. The lowest BCUT2D eigenvalue weighted by Gasteiger charge is -2.31. The molecule has 0 unspecified atom stereocenters. The van der Waals surface area contributed by atoms with Crippen LogP contribution in [-0.4, -0.2) is 27.4 Å². The highest BCUT2D eigenvalue weighted by Crippen LogP contribution is 2.33. The largest absolute Gasteiger partial charge is 0.479 e. The zero-order valence-electron chi connectivity index (χ0n) is 7.79. The summed E-state index contributed by atoms with van der Waals surface area (Å²) in [5.74, 6) is -1.45. The van der Waals surface area contributed by atoms with E-state index in [0.717, 1.165) is 0 Å². The molecule has 2 rings (SSSR count). The molecular formula is C11H10O4. The van der Waals surface area contributed by atoms with E-state index in [1.165, 1.54) is 12.1 Å². The number of fused-ring (bicyclic) bond motifs is 1. The van der Waals surface area contributed by atoms with Crippen LogP contribution >= 0.6 is 0 Å². The molecule has 4 heteroatoms. The van der Waals surface area contributed by atoms with Gasteiger partial charge in [0, 0.05) is 5.56 Å². The van der Waals surface area contributed by atoms with Gasteiger partial charge in [-0.05, 0) is 5.56 Å². The molecule has 0 saturated carbocycles. The summed E-state index contributed by atoms with van der Waals surface area (Å²) < 4.78 is 0. The number of aliphatic carboxylic acids is 1. The highest BCUT2D eigenvalue weighted by atomic mass is 16.4. The Morgan fingerprint density at radius 3 is 2.67 bits per heavy atom. The molecule has 0 bridgehead atoms. The first kappa shape index (κ1) is 9.89. The zero-order chi connectivity index (χ0) is 11.1. The van der Waals surface area contributed by atoms with Crippen LogP contribution in [0.15, 0.2) is 30.3 Å². The van der Waals surface area contributed by atoms with Crippen LogP contribution in [0.25, 0.3) is 6.08 Å². The summed E-state index contributed by atoms with van der Waals surface area (Å²) in [6, 6.07) is 6.55. The summed E-state index contributed by atoms with van der Waals surface area (Å²) in [7, 11) is 0. The van der Waals surface area contributed by atoms with Crippen molar-refractivity contribution in [2.24, 2.45) is 0 Å². The maximum atomic E-state index is 11.0. The molecule has 4 nitrogen and oxygen atoms in total. The minimum absolute atomic E-state index is 0.215. The van der Waals surface area contributed by atoms with Gasteiger partial charge < -0.3 is 15.3 Å². The second kappa shape index (κ2) is 3.18. The monoisotopic (exact) mass is 206 g/mol. The number of aliphatic hydroxyl groups is 2. The van der Waals surface area contributed by atoms with Crippen LogP contribution in [0.2, 0.25) is 0 Å². The summed E-state index contributed by atoms with van der Waals surface area (Å²) in [6.45, 7) is 0. The Balaban J connectivity index is 2.66. The summed E-state index contributed by atoms with van der Waals surface area (Å²) in [5, 5.41) is 28.5. The fourth-order valence-corrected chi connectivity index (χ4v) is 1.72. The van der Waals surface area contributed by atoms with E-state index in [-0.39, 0.29) is 5.56 Å². The van der Waals surface area contributed by atoms with Crippen LogP contribution < -0.4 is 0 Å². The van der Waals surface area contributed by atoms with E-state index < -0.39 is 17.7 Å². The molecule has 3 N–H and O–H groups in total. The highest BCUT2D eigenvalue weighted by molar-refractivity contribution is 5.84. The third-order valence-electron chi connectivity index (χ3n) is 2.58. The Morgan fingerprint density at radius 2 is 2.00 bits per heavy atom. The molecule has 1 aliphatic rings. The first-order valence-electron chi connectivity index (χ1n) is 4.48. The minimum Gasteiger partial charge on any atom is -0.479 e. The van der Waals surface area contributed by atoms with Crippen LogP contribution in [0.5, 0.6) is 0 Å². The summed E-state index contributed by atoms with van der Waals surface area (Å²) in [5.41, 5.74) is -1.43. The van der Waals surface area contributed by atoms with E-state index in [1.54, 1.807) is 24.3 Å². The van der Waals surface area contributed by atoms with Gasteiger partial charge in [-0.2, -0.15) is 0 Å². The van der Waals surface area contributed by atoms with Gasteiger partial charge in [0.1, 0.15) is 6.10 Å². The van der Waals surface area contributed by atoms with Crippen molar-refractivity contribution in [1.29, 1.82) is 0 Å². The highest BCUT2D eigenvalue weighted by Gasteiger charge is 2.46. The molecule has 0 radical (unpaired) electrons. The van der Waals surface area contributed by atoms with Crippen LogP contribution in [-0.2, 0) is 10.4 Å². The Kier molecular flexibility index (Phi) is 2.10. The minimum atomic E-state index is -2.24. The number of benzene rings is 1. The zero-order valence-corrected chi connectivity index (χ0v) is 7.79. The average Bonchev–Trinajstić information content (AvgIpc) is 2.23. The molecule has 0 aromatic heterocycles. The van der Waals surface area contributed by atoms with Crippen molar-refractivity contribution in [1.82, 2.24) is 0 Å². The fourth-order valence-electron chi connectivity index (χ4n) is 1.72. The van der Waals surface area contributed by atoms with Gasteiger partial charge in [0.05, 0.1) is 0 Å². The van der Waals surface area contributed by atoms with Gasteiger partial charge in [0.25, 0.3) is 0 Å². The molecule has 0 amide bonds. The summed E-state index contributed by atoms with van der Waals surface area (Å²) >= 11 is 0. The van der Waals surface area contributed by atoms with Gasteiger partial charge in [0.15, 0.2) is 0 Å². The first-order chi connectivity index (χ1) is 7.06. The second-order valence-electron chi connectivity index (χ2n) is 3.46. The fraction of sp³-hybridized carbons (Fsp3) is 0.182. The first-order valence-corrected chi connectivity index (χ1v) is 4.48. The number of carbonyl (C=O) groups is 1. The lowest BCUT2D eigenvalue weighted by atomic mass is 9.81. The molecule has 2 atom stereocenters. The summed E-state index contributed by atoms with van der Waals surface area (Å²) in [4.78, 5) is 11.0. The quantitative estimate of drug-likeness (QED) is 0.619. The molecule has 0 fully saturated rings. The normalized spacial score (nSPS) is 28.5. The third-order valence-corrected chi connectivity index (χ3v) is 2.58. The molecular weight excluding hydrogens is 196 g/mol. The maximum Gasteiger partial charge on any atom is 0.343 e. The molecule has 1 aromatic carbocycles. The number of carboxylic acids is 1. The van der Waals surface area contributed by atoms with E-state index in [2.05, 4.69) is 0 Å². The Bertz CT molecular complexity index is 438. The van der Waals surface area contributed by atoms with Crippen molar-refractivity contribution < 1.29 is 20.1 Å². The van der Waals surface area contributed by atoms with Crippen LogP contribution in [0.1, 0.15) is 11.1 Å². The van der Waals surface area contributed by atoms with Crippen molar-refractivity contribution >= 4 is 12.0 Å². The Labute approximate surface area is 86.1 Å². The number of hydrogen-bond acceptors (Lipinski definition) is 3. The number of hydrogen-bond donors (Lipinski definition) is 3. The molecule has 0 heterocycles. The lowest BCUT2D eigenvalue weighted by molar-refractivity contribution is -0.170.